The van der Waals surface area contributed by atoms with Crippen LogP contribution < -0.4 is 10.5 Å². The number of hydrogen-bond donors (Lipinski definition) is 2. The molecule has 0 atom stereocenters. The van der Waals surface area contributed by atoms with Crippen LogP contribution in [0.4, 0.5) is 11.4 Å². The SMILES string of the molecule is Cc1ccc(Cl)cc1S(=O)(=O)Nc1cccc(N)c1. The van der Waals surface area contributed by atoms with Gasteiger partial charge in [0.25, 0.3) is 10.0 Å². The fourth-order valence-corrected chi connectivity index (χ4v) is 3.23. The second-order valence-corrected chi connectivity index (χ2v) is 6.23. The Morgan fingerprint density at radius 2 is 1.89 bits per heavy atom. The van der Waals surface area contributed by atoms with Crippen molar-refractivity contribution < 1.29 is 8.42 Å². The summed E-state index contributed by atoms with van der Waals surface area (Å²) in [4.78, 5) is 0.155. The summed E-state index contributed by atoms with van der Waals surface area (Å²) in [5.41, 5.74) is 7.14. The van der Waals surface area contributed by atoms with E-state index in [0.29, 0.717) is 22.0 Å². The van der Waals surface area contributed by atoms with E-state index in [0.717, 1.165) is 0 Å². The Morgan fingerprint density at radius 3 is 2.58 bits per heavy atom. The van der Waals surface area contributed by atoms with Gasteiger partial charge >= 0.3 is 0 Å². The van der Waals surface area contributed by atoms with Gasteiger partial charge in [0, 0.05) is 10.7 Å². The van der Waals surface area contributed by atoms with E-state index >= 15 is 0 Å². The van der Waals surface area contributed by atoms with Crippen molar-refractivity contribution in [3.63, 3.8) is 0 Å². The van der Waals surface area contributed by atoms with Gasteiger partial charge in [-0.15, -0.1) is 0 Å². The lowest BCUT2D eigenvalue weighted by atomic mass is 10.2. The average molecular weight is 297 g/mol. The maximum absolute atomic E-state index is 12.3. The van der Waals surface area contributed by atoms with Crippen LogP contribution in [-0.4, -0.2) is 8.42 Å². The van der Waals surface area contributed by atoms with Crippen LogP contribution in [0.15, 0.2) is 47.4 Å². The zero-order chi connectivity index (χ0) is 14.0. The highest BCUT2D eigenvalue weighted by molar-refractivity contribution is 7.92. The smallest absolute Gasteiger partial charge is 0.262 e. The summed E-state index contributed by atoms with van der Waals surface area (Å²) in [5.74, 6) is 0. The lowest BCUT2D eigenvalue weighted by Gasteiger charge is -2.11. The first-order chi connectivity index (χ1) is 8.88. The zero-order valence-electron chi connectivity index (χ0n) is 10.2. The molecule has 0 heterocycles. The molecule has 100 valence electrons. The van der Waals surface area contributed by atoms with Crippen molar-refractivity contribution in [1.82, 2.24) is 0 Å². The van der Waals surface area contributed by atoms with Gasteiger partial charge in [-0.2, -0.15) is 0 Å². The van der Waals surface area contributed by atoms with E-state index in [2.05, 4.69) is 4.72 Å². The quantitative estimate of drug-likeness (QED) is 0.855. The second-order valence-electron chi connectivity index (χ2n) is 4.14. The van der Waals surface area contributed by atoms with Crippen molar-refractivity contribution in [2.75, 3.05) is 10.5 Å². The molecule has 6 heteroatoms. The molecule has 4 nitrogen and oxygen atoms in total. The molecule has 0 fully saturated rings. The molecule has 0 aliphatic carbocycles. The molecule has 0 saturated carbocycles. The third-order valence-electron chi connectivity index (χ3n) is 2.58. The summed E-state index contributed by atoms with van der Waals surface area (Å²) in [5, 5.41) is 0.374. The molecule has 0 spiro atoms. The molecule has 0 amide bonds. The first-order valence-corrected chi connectivity index (χ1v) is 7.39. The van der Waals surface area contributed by atoms with Crippen molar-refractivity contribution in [1.29, 1.82) is 0 Å². The fourth-order valence-electron chi connectivity index (χ4n) is 1.68. The Bertz CT molecular complexity index is 714. The standard InChI is InChI=1S/C13H13ClN2O2S/c1-9-5-6-10(14)7-13(9)19(17,18)16-12-4-2-3-11(15)8-12/h2-8,16H,15H2,1H3. The number of hydrogen-bond acceptors (Lipinski definition) is 3. The first-order valence-electron chi connectivity index (χ1n) is 5.53. The molecule has 0 aromatic heterocycles. The predicted molar refractivity (Wildman–Crippen MR) is 77.9 cm³/mol. The molecule has 0 saturated heterocycles. The number of anilines is 2. The highest BCUT2D eigenvalue weighted by atomic mass is 35.5. The number of aryl methyl sites for hydroxylation is 1. The lowest BCUT2D eigenvalue weighted by Crippen LogP contribution is -2.14. The first kappa shape index (κ1) is 13.7. The van der Waals surface area contributed by atoms with E-state index in [-0.39, 0.29) is 4.90 Å². The number of sulfonamides is 1. The molecule has 0 unspecified atom stereocenters. The zero-order valence-corrected chi connectivity index (χ0v) is 11.8. The third-order valence-corrected chi connectivity index (χ3v) is 4.34. The van der Waals surface area contributed by atoms with Gasteiger partial charge in [0.2, 0.25) is 0 Å². The summed E-state index contributed by atoms with van der Waals surface area (Å²) >= 11 is 5.84. The molecule has 2 aromatic carbocycles. The Balaban J connectivity index is 2.40. The van der Waals surface area contributed by atoms with Gasteiger partial charge in [-0.1, -0.05) is 23.7 Å². The highest BCUT2D eigenvalue weighted by Crippen LogP contribution is 2.23. The van der Waals surface area contributed by atoms with E-state index in [4.69, 9.17) is 17.3 Å². The third kappa shape index (κ3) is 3.19. The number of rotatable bonds is 3. The van der Waals surface area contributed by atoms with Crippen LogP contribution in [0.25, 0.3) is 0 Å². The van der Waals surface area contributed by atoms with Crippen molar-refractivity contribution in [2.45, 2.75) is 11.8 Å². The van der Waals surface area contributed by atoms with Gasteiger partial charge < -0.3 is 5.73 Å². The molecular formula is C13H13ClN2O2S. The van der Waals surface area contributed by atoms with Gasteiger partial charge in [-0.25, -0.2) is 8.42 Å². The van der Waals surface area contributed by atoms with Crippen LogP contribution in [-0.2, 0) is 10.0 Å². The lowest BCUT2D eigenvalue weighted by molar-refractivity contribution is 0.600. The van der Waals surface area contributed by atoms with Gasteiger partial charge in [-0.05, 0) is 42.8 Å². The molecule has 2 aromatic rings. The van der Waals surface area contributed by atoms with Crippen LogP contribution in [0.3, 0.4) is 0 Å². The predicted octanol–water partition coefficient (Wildman–Crippen LogP) is 3.03. The normalized spacial score (nSPS) is 11.3. The van der Waals surface area contributed by atoms with Crippen LogP contribution in [0, 0.1) is 6.92 Å². The van der Waals surface area contributed by atoms with Crippen molar-refractivity contribution in [2.24, 2.45) is 0 Å². The minimum Gasteiger partial charge on any atom is -0.399 e. The molecule has 0 bridgehead atoms. The van der Waals surface area contributed by atoms with Crippen molar-refractivity contribution >= 4 is 33.0 Å². The number of nitrogens with two attached hydrogens (primary N) is 1. The highest BCUT2D eigenvalue weighted by Gasteiger charge is 2.17. The molecule has 3 N–H and O–H groups in total. The number of halogens is 1. The Hall–Kier alpha value is -1.72. The Labute approximate surface area is 117 Å². The second kappa shape index (κ2) is 5.11. The van der Waals surface area contributed by atoms with Gasteiger partial charge in [0.15, 0.2) is 0 Å². The van der Waals surface area contributed by atoms with E-state index in [1.54, 1.807) is 43.3 Å². The van der Waals surface area contributed by atoms with Crippen LogP contribution in [0.2, 0.25) is 5.02 Å². The molecule has 0 aliphatic rings. The summed E-state index contributed by atoms with van der Waals surface area (Å²) in [7, 11) is -3.67. The molecule has 0 radical (unpaired) electrons. The maximum Gasteiger partial charge on any atom is 0.262 e. The topological polar surface area (TPSA) is 72.2 Å². The minimum absolute atomic E-state index is 0.155. The summed E-state index contributed by atoms with van der Waals surface area (Å²) in [6, 6.07) is 11.3. The van der Waals surface area contributed by atoms with E-state index in [1.807, 2.05) is 0 Å². The van der Waals surface area contributed by atoms with Crippen LogP contribution in [0.1, 0.15) is 5.56 Å². The minimum atomic E-state index is -3.67. The summed E-state index contributed by atoms with van der Waals surface area (Å²) < 4.78 is 27.0. The molecule has 0 aliphatic heterocycles. The maximum atomic E-state index is 12.3. The number of benzene rings is 2. The molecule has 19 heavy (non-hydrogen) atoms. The van der Waals surface area contributed by atoms with Crippen molar-refractivity contribution in [3.05, 3.63) is 53.1 Å². The van der Waals surface area contributed by atoms with Gasteiger partial charge in [0.05, 0.1) is 10.6 Å². The van der Waals surface area contributed by atoms with E-state index in [9.17, 15) is 8.42 Å². The van der Waals surface area contributed by atoms with E-state index < -0.39 is 10.0 Å². The van der Waals surface area contributed by atoms with Gasteiger partial charge in [-0.3, -0.25) is 4.72 Å². The summed E-state index contributed by atoms with van der Waals surface area (Å²) in [6.45, 7) is 1.71. The largest absolute Gasteiger partial charge is 0.399 e. The fraction of sp³-hybridized carbons (Fsp3) is 0.0769. The summed E-state index contributed by atoms with van der Waals surface area (Å²) in [6.07, 6.45) is 0. The average Bonchev–Trinajstić information content (AvgIpc) is 2.31. The monoisotopic (exact) mass is 296 g/mol. The van der Waals surface area contributed by atoms with E-state index in [1.165, 1.54) is 6.07 Å². The van der Waals surface area contributed by atoms with Crippen LogP contribution >= 0.6 is 11.6 Å². The number of nitrogens with one attached hydrogen (secondary N) is 1. The Kier molecular flexibility index (Phi) is 3.68. The van der Waals surface area contributed by atoms with Crippen LogP contribution in [0.5, 0.6) is 0 Å². The van der Waals surface area contributed by atoms with Gasteiger partial charge in [0.1, 0.15) is 0 Å². The molecule has 2 rings (SSSR count). The molecular weight excluding hydrogens is 284 g/mol. The Morgan fingerprint density at radius 1 is 1.16 bits per heavy atom. The van der Waals surface area contributed by atoms with Crippen molar-refractivity contribution in [3.8, 4) is 0 Å². The number of nitrogen functional groups attached to an aromatic ring is 1.